The fourth-order valence-electron chi connectivity index (χ4n) is 1.86. The van der Waals surface area contributed by atoms with Crippen LogP contribution in [0.4, 0.5) is 0 Å². The lowest BCUT2D eigenvalue weighted by Gasteiger charge is -2.12. The standard InChI is InChI=1S/C17H30N4O2/c1-5-18-17(19-9-11-22-4)20-14-15-7-6-8-16(13-15)23-12-10-21(2)3/h6-8,13H,5,9-12,14H2,1-4H3,(H2,18,19,20). The van der Waals surface area contributed by atoms with Gasteiger partial charge >= 0.3 is 0 Å². The maximum Gasteiger partial charge on any atom is 0.191 e. The first-order valence-corrected chi connectivity index (χ1v) is 8.03. The fourth-order valence-corrected chi connectivity index (χ4v) is 1.86. The number of hydrogen-bond acceptors (Lipinski definition) is 4. The number of benzene rings is 1. The number of nitrogens with zero attached hydrogens (tertiary/aromatic N) is 2. The predicted octanol–water partition coefficient (Wildman–Crippen LogP) is 1.33. The van der Waals surface area contributed by atoms with Crippen LogP contribution in [0, 0.1) is 0 Å². The van der Waals surface area contributed by atoms with Crippen LogP contribution < -0.4 is 15.4 Å². The summed E-state index contributed by atoms with van der Waals surface area (Å²) in [6, 6.07) is 8.07. The van der Waals surface area contributed by atoms with E-state index in [0.717, 1.165) is 36.9 Å². The van der Waals surface area contributed by atoms with Gasteiger partial charge in [-0.2, -0.15) is 0 Å². The van der Waals surface area contributed by atoms with Gasteiger partial charge in [0.1, 0.15) is 12.4 Å². The van der Waals surface area contributed by atoms with Crippen LogP contribution in [0.3, 0.4) is 0 Å². The summed E-state index contributed by atoms with van der Waals surface area (Å²) in [7, 11) is 5.76. The molecule has 130 valence electrons. The van der Waals surface area contributed by atoms with E-state index in [1.54, 1.807) is 7.11 Å². The van der Waals surface area contributed by atoms with Crippen LogP contribution in [0.15, 0.2) is 29.3 Å². The highest BCUT2D eigenvalue weighted by atomic mass is 16.5. The van der Waals surface area contributed by atoms with Gasteiger partial charge in [-0.05, 0) is 38.7 Å². The van der Waals surface area contributed by atoms with Gasteiger partial charge in [0.25, 0.3) is 0 Å². The van der Waals surface area contributed by atoms with Crippen LogP contribution in [0.2, 0.25) is 0 Å². The molecule has 0 aliphatic carbocycles. The van der Waals surface area contributed by atoms with Gasteiger partial charge < -0.3 is 25.0 Å². The molecule has 0 amide bonds. The van der Waals surface area contributed by atoms with Crippen molar-refractivity contribution >= 4 is 5.96 Å². The number of methoxy groups -OCH3 is 1. The molecule has 0 aliphatic rings. The average molecular weight is 322 g/mol. The van der Waals surface area contributed by atoms with E-state index in [0.29, 0.717) is 19.8 Å². The summed E-state index contributed by atoms with van der Waals surface area (Å²) >= 11 is 0. The van der Waals surface area contributed by atoms with E-state index < -0.39 is 0 Å². The maximum absolute atomic E-state index is 5.75. The SMILES string of the molecule is CCNC(=NCc1cccc(OCCN(C)C)c1)NCCOC. The summed E-state index contributed by atoms with van der Waals surface area (Å²) in [5.74, 6) is 1.68. The Morgan fingerprint density at radius 2 is 2.04 bits per heavy atom. The summed E-state index contributed by atoms with van der Waals surface area (Å²) in [4.78, 5) is 6.68. The van der Waals surface area contributed by atoms with Gasteiger partial charge in [-0.3, -0.25) is 0 Å². The van der Waals surface area contributed by atoms with Crippen molar-refractivity contribution in [2.45, 2.75) is 13.5 Å². The molecule has 6 nitrogen and oxygen atoms in total. The molecule has 0 heterocycles. The third-order valence-corrected chi connectivity index (χ3v) is 3.07. The zero-order valence-electron chi connectivity index (χ0n) is 14.8. The highest BCUT2D eigenvalue weighted by molar-refractivity contribution is 5.79. The van der Waals surface area contributed by atoms with Crippen molar-refractivity contribution in [2.75, 3.05) is 54.1 Å². The Hall–Kier alpha value is -1.79. The van der Waals surface area contributed by atoms with Crippen LogP contribution in [-0.4, -0.2) is 64.9 Å². The molecule has 2 N–H and O–H groups in total. The lowest BCUT2D eigenvalue weighted by Crippen LogP contribution is -2.38. The molecular formula is C17H30N4O2. The summed E-state index contributed by atoms with van der Waals surface area (Å²) in [6.45, 7) is 6.44. The summed E-state index contributed by atoms with van der Waals surface area (Å²) in [5.41, 5.74) is 1.12. The Kier molecular flexibility index (Phi) is 9.83. The monoisotopic (exact) mass is 322 g/mol. The van der Waals surface area contributed by atoms with Gasteiger partial charge in [-0.1, -0.05) is 12.1 Å². The van der Waals surface area contributed by atoms with Crippen molar-refractivity contribution in [3.05, 3.63) is 29.8 Å². The maximum atomic E-state index is 5.75. The fraction of sp³-hybridized carbons (Fsp3) is 0.588. The average Bonchev–Trinajstić information content (AvgIpc) is 2.53. The first kappa shape index (κ1) is 19.3. The molecule has 0 radical (unpaired) electrons. The lowest BCUT2D eigenvalue weighted by molar-refractivity contribution is 0.203. The molecule has 23 heavy (non-hydrogen) atoms. The van der Waals surface area contributed by atoms with Gasteiger partial charge in [0.15, 0.2) is 5.96 Å². The van der Waals surface area contributed by atoms with Gasteiger partial charge in [0.2, 0.25) is 0 Å². The quantitative estimate of drug-likeness (QED) is 0.387. The van der Waals surface area contributed by atoms with Gasteiger partial charge in [0, 0.05) is 26.7 Å². The Morgan fingerprint density at radius 1 is 1.22 bits per heavy atom. The second-order valence-electron chi connectivity index (χ2n) is 5.41. The molecule has 0 spiro atoms. The zero-order valence-corrected chi connectivity index (χ0v) is 14.8. The molecule has 0 fully saturated rings. The zero-order chi connectivity index (χ0) is 16.9. The third-order valence-electron chi connectivity index (χ3n) is 3.07. The van der Waals surface area contributed by atoms with Crippen LogP contribution >= 0.6 is 0 Å². The number of likely N-dealkylation sites (N-methyl/N-ethyl adjacent to an activating group) is 1. The highest BCUT2D eigenvalue weighted by Crippen LogP contribution is 2.14. The Morgan fingerprint density at radius 3 is 2.74 bits per heavy atom. The molecule has 1 aromatic rings. The Bertz CT molecular complexity index is 464. The molecule has 0 saturated heterocycles. The minimum atomic E-state index is 0.604. The van der Waals surface area contributed by atoms with Crippen molar-refractivity contribution in [2.24, 2.45) is 4.99 Å². The van der Waals surface area contributed by atoms with E-state index in [1.165, 1.54) is 0 Å². The molecule has 0 bridgehead atoms. The van der Waals surface area contributed by atoms with E-state index in [-0.39, 0.29) is 0 Å². The third kappa shape index (κ3) is 9.05. The van der Waals surface area contributed by atoms with Crippen molar-refractivity contribution in [1.29, 1.82) is 0 Å². The van der Waals surface area contributed by atoms with Gasteiger partial charge in [-0.25, -0.2) is 4.99 Å². The molecular weight excluding hydrogens is 292 g/mol. The van der Waals surface area contributed by atoms with E-state index in [1.807, 2.05) is 39.2 Å². The van der Waals surface area contributed by atoms with Crippen LogP contribution in [0.5, 0.6) is 5.75 Å². The molecule has 6 heteroatoms. The number of hydrogen-bond donors (Lipinski definition) is 2. The molecule has 0 aliphatic heterocycles. The van der Waals surface area contributed by atoms with Crippen LogP contribution in [0.25, 0.3) is 0 Å². The largest absolute Gasteiger partial charge is 0.492 e. The molecule has 0 aromatic heterocycles. The molecule has 0 saturated carbocycles. The summed E-state index contributed by atoms with van der Waals surface area (Å²) in [5, 5.41) is 6.45. The van der Waals surface area contributed by atoms with Crippen LogP contribution in [0.1, 0.15) is 12.5 Å². The van der Waals surface area contributed by atoms with Crippen LogP contribution in [-0.2, 0) is 11.3 Å². The summed E-state index contributed by atoms with van der Waals surface area (Å²) < 4.78 is 10.8. The minimum Gasteiger partial charge on any atom is -0.492 e. The van der Waals surface area contributed by atoms with Crippen molar-refractivity contribution < 1.29 is 9.47 Å². The number of aliphatic imine (C=N–C) groups is 1. The first-order chi connectivity index (χ1) is 11.2. The van der Waals surface area contributed by atoms with Crippen molar-refractivity contribution in [1.82, 2.24) is 15.5 Å². The van der Waals surface area contributed by atoms with E-state index >= 15 is 0 Å². The minimum absolute atomic E-state index is 0.604. The van der Waals surface area contributed by atoms with Gasteiger partial charge in [0.05, 0.1) is 13.2 Å². The topological polar surface area (TPSA) is 58.1 Å². The lowest BCUT2D eigenvalue weighted by atomic mass is 10.2. The number of guanidine groups is 1. The molecule has 1 aromatic carbocycles. The Labute approximate surface area is 139 Å². The van der Waals surface area contributed by atoms with Gasteiger partial charge in [-0.15, -0.1) is 0 Å². The highest BCUT2D eigenvalue weighted by Gasteiger charge is 2.00. The van der Waals surface area contributed by atoms with E-state index in [9.17, 15) is 0 Å². The van der Waals surface area contributed by atoms with E-state index in [4.69, 9.17) is 9.47 Å². The normalized spacial score (nSPS) is 11.6. The van der Waals surface area contributed by atoms with Crippen molar-refractivity contribution in [3.63, 3.8) is 0 Å². The molecule has 1 rings (SSSR count). The summed E-state index contributed by atoms with van der Waals surface area (Å²) in [6.07, 6.45) is 0. The Balaban J connectivity index is 2.54. The second kappa shape index (κ2) is 11.7. The van der Waals surface area contributed by atoms with E-state index in [2.05, 4.69) is 26.6 Å². The number of nitrogens with one attached hydrogen (secondary N) is 2. The van der Waals surface area contributed by atoms with Crippen molar-refractivity contribution in [3.8, 4) is 5.75 Å². The molecule has 0 unspecified atom stereocenters. The molecule has 0 atom stereocenters. The number of rotatable bonds is 10. The smallest absolute Gasteiger partial charge is 0.191 e. The first-order valence-electron chi connectivity index (χ1n) is 8.03. The number of ether oxygens (including phenoxy) is 2. The predicted molar refractivity (Wildman–Crippen MR) is 95.2 cm³/mol. The second-order valence-corrected chi connectivity index (χ2v) is 5.41.